The van der Waals surface area contributed by atoms with Crippen molar-refractivity contribution in [3.8, 4) is 0 Å². The van der Waals surface area contributed by atoms with Gasteiger partial charge in [0.25, 0.3) is 5.91 Å². The molecule has 2 aromatic rings. The zero-order valence-electron chi connectivity index (χ0n) is 10.7. The molecule has 104 valence electrons. The molecule has 0 radical (unpaired) electrons. The number of benzene rings is 1. The summed E-state index contributed by atoms with van der Waals surface area (Å²) in [5.74, 6) is -0.898. The van der Waals surface area contributed by atoms with Gasteiger partial charge in [0.15, 0.2) is 6.04 Å². The van der Waals surface area contributed by atoms with Crippen molar-refractivity contribution in [3.05, 3.63) is 58.3 Å². The Bertz CT molecular complexity index is 610. The Hall–Kier alpha value is -2.08. The average Bonchev–Trinajstić information content (AvgIpc) is 2.91. The van der Waals surface area contributed by atoms with E-state index in [-0.39, 0.29) is 5.91 Å². The maximum absolute atomic E-state index is 12.1. The van der Waals surface area contributed by atoms with Gasteiger partial charge in [0.05, 0.1) is 7.11 Å². The van der Waals surface area contributed by atoms with Crippen molar-refractivity contribution in [2.24, 2.45) is 0 Å². The van der Waals surface area contributed by atoms with Gasteiger partial charge >= 0.3 is 5.97 Å². The minimum absolute atomic E-state index is 0.363. The van der Waals surface area contributed by atoms with Gasteiger partial charge in [-0.25, -0.2) is 4.79 Å². The number of carbonyl (C=O) groups is 2. The molecule has 0 aliphatic rings. The zero-order chi connectivity index (χ0) is 14.5. The van der Waals surface area contributed by atoms with Gasteiger partial charge in [-0.15, -0.1) is 0 Å². The zero-order valence-corrected chi connectivity index (χ0v) is 12.3. The molecule has 6 heteroatoms. The van der Waals surface area contributed by atoms with Crippen molar-refractivity contribution in [1.82, 2.24) is 10.3 Å². The first-order chi connectivity index (χ1) is 9.61. The highest BCUT2D eigenvalue weighted by molar-refractivity contribution is 9.10. The number of rotatable bonds is 4. The molecule has 0 saturated carbocycles. The average molecular weight is 337 g/mol. The van der Waals surface area contributed by atoms with Crippen molar-refractivity contribution in [1.29, 1.82) is 0 Å². The number of aromatic nitrogens is 1. The van der Waals surface area contributed by atoms with Crippen LogP contribution in [0.2, 0.25) is 0 Å². The van der Waals surface area contributed by atoms with Crippen molar-refractivity contribution < 1.29 is 14.3 Å². The Labute approximate surface area is 124 Å². The van der Waals surface area contributed by atoms with E-state index in [0.29, 0.717) is 11.3 Å². The van der Waals surface area contributed by atoms with E-state index in [0.717, 1.165) is 4.47 Å². The number of esters is 1. The number of nitrogens with one attached hydrogen (secondary N) is 2. The Balaban J connectivity index is 2.21. The van der Waals surface area contributed by atoms with Crippen LogP contribution in [0.5, 0.6) is 0 Å². The predicted molar refractivity (Wildman–Crippen MR) is 77.2 cm³/mol. The number of hydrogen-bond donors (Lipinski definition) is 2. The van der Waals surface area contributed by atoms with Crippen LogP contribution in [0.15, 0.2) is 47.1 Å². The Morgan fingerprint density at radius 1 is 1.30 bits per heavy atom. The highest BCUT2D eigenvalue weighted by Crippen LogP contribution is 2.16. The van der Waals surface area contributed by atoms with Crippen LogP contribution in [0.4, 0.5) is 0 Å². The second kappa shape index (κ2) is 6.38. The van der Waals surface area contributed by atoms with Crippen molar-refractivity contribution >= 4 is 27.8 Å². The minimum atomic E-state index is -0.837. The summed E-state index contributed by atoms with van der Waals surface area (Å²) in [6.45, 7) is 0. The van der Waals surface area contributed by atoms with Crippen LogP contribution in [0, 0.1) is 0 Å². The number of aromatic amines is 1. The first-order valence-electron chi connectivity index (χ1n) is 5.89. The standard InChI is InChI=1S/C14H13BrN2O3/c1-20-14(19)12(9-5-3-2-4-6-9)17-13(18)11-7-10(15)8-16-11/h2-8,12,16H,1H3,(H,17,18). The molecule has 20 heavy (non-hydrogen) atoms. The lowest BCUT2D eigenvalue weighted by Crippen LogP contribution is -2.34. The maximum Gasteiger partial charge on any atom is 0.333 e. The molecule has 2 rings (SSSR count). The quantitative estimate of drug-likeness (QED) is 0.842. The highest BCUT2D eigenvalue weighted by Gasteiger charge is 2.24. The number of carbonyl (C=O) groups excluding carboxylic acids is 2. The lowest BCUT2D eigenvalue weighted by atomic mass is 10.1. The molecule has 5 nitrogen and oxygen atoms in total. The van der Waals surface area contributed by atoms with E-state index < -0.39 is 12.0 Å². The molecule has 1 unspecified atom stereocenters. The van der Waals surface area contributed by atoms with Crippen LogP contribution in [0.25, 0.3) is 0 Å². The summed E-state index contributed by atoms with van der Waals surface area (Å²) < 4.78 is 5.50. The highest BCUT2D eigenvalue weighted by atomic mass is 79.9. The third-order valence-corrected chi connectivity index (χ3v) is 3.20. The van der Waals surface area contributed by atoms with E-state index in [9.17, 15) is 9.59 Å². The third kappa shape index (κ3) is 3.27. The normalized spacial score (nSPS) is 11.7. The number of halogens is 1. The van der Waals surface area contributed by atoms with Gasteiger partial charge in [-0.1, -0.05) is 30.3 Å². The molecular weight excluding hydrogens is 324 g/mol. The fourth-order valence-electron chi connectivity index (χ4n) is 1.75. The van der Waals surface area contributed by atoms with Crippen LogP contribution >= 0.6 is 15.9 Å². The third-order valence-electron chi connectivity index (χ3n) is 2.74. The van der Waals surface area contributed by atoms with Crippen LogP contribution in [0.1, 0.15) is 22.1 Å². The van der Waals surface area contributed by atoms with Gasteiger partial charge in [-0.3, -0.25) is 4.79 Å². The van der Waals surface area contributed by atoms with Gasteiger partial charge in [0, 0.05) is 10.7 Å². The molecule has 0 bridgehead atoms. The lowest BCUT2D eigenvalue weighted by Gasteiger charge is -2.16. The summed E-state index contributed by atoms with van der Waals surface area (Å²) in [5, 5.41) is 2.65. The number of methoxy groups -OCH3 is 1. The Kier molecular flexibility index (Phi) is 4.57. The summed E-state index contributed by atoms with van der Waals surface area (Å²) in [4.78, 5) is 26.7. The minimum Gasteiger partial charge on any atom is -0.467 e. The van der Waals surface area contributed by atoms with E-state index >= 15 is 0 Å². The van der Waals surface area contributed by atoms with E-state index in [2.05, 4.69) is 26.2 Å². The largest absolute Gasteiger partial charge is 0.467 e. The van der Waals surface area contributed by atoms with E-state index in [1.807, 2.05) is 6.07 Å². The fourth-order valence-corrected chi connectivity index (χ4v) is 2.09. The van der Waals surface area contributed by atoms with Gasteiger partial charge < -0.3 is 15.0 Å². The first kappa shape index (κ1) is 14.3. The predicted octanol–water partition coefficient (Wildman–Crippen LogP) is 2.42. The lowest BCUT2D eigenvalue weighted by molar-refractivity contribution is -0.143. The molecule has 1 aromatic carbocycles. The number of hydrogen-bond acceptors (Lipinski definition) is 3. The van der Waals surface area contributed by atoms with Crippen molar-refractivity contribution in [2.75, 3.05) is 7.11 Å². The van der Waals surface area contributed by atoms with Crippen LogP contribution in [-0.2, 0) is 9.53 Å². The van der Waals surface area contributed by atoms with Crippen LogP contribution < -0.4 is 5.32 Å². The van der Waals surface area contributed by atoms with Crippen molar-refractivity contribution in [2.45, 2.75) is 6.04 Å². The molecule has 1 atom stereocenters. The number of amides is 1. The van der Waals surface area contributed by atoms with E-state index in [4.69, 9.17) is 4.74 Å². The van der Waals surface area contributed by atoms with Gasteiger partial charge in [-0.05, 0) is 27.6 Å². The molecule has 0 saturated heterocycles. The molecule has 1 amide bonds. The molecule has 0 aliphatic carbocycles. The second-order valence-electron chi connectivity index (χ2n) is 4.07. The molecule has 2 N–H and O–H groups in total. The SMILES string of the molecule is COC(=O)C(NC(=O)c1cc(Br)c[nH]1)c1ccccc1. The molecule has 1 heterocycles. The van der Waals surface area contributed by atoms with Crippen LogP contribution in [0.3, 0.4) is 0 Å². The topological polar surface area (TPSA) is 71.2 Å². The van der Waals surface area contributed by atoms with Gasteiger partial charge in [0.2, 0.25) is 0 Å². The second-order valence-corrected chi connectivity index (χ2v) is 4.99. The summed E-state index contributed by atoms with van der Waals surface area (Å²) in [7, 11) is 1.29. The van der Waals surface area contributed by atoms with Crippen LogP contribution in [-0.4, -0.2) is 24.0 Å². The fraction of sp³-hybridized carbons (Fsp3) is 0.143. The molecule has 0 fully saturated rings. The summed E-state index contributed by atoms with van der Waals surface area (Å²) >= 11 is 3.25. The van der Waals surface area contributed by atoms with Crippen molar-refractivity contribution in [3.63, 3.8) is 0 Å². The Morgan fingerprint density at radius 3 is 2.55 bits per heavy atom. The number of ether oxygens (including phenoxy) is 1. The Morgan fingerprint density at radius 2 is 2.00 bits per heavy atom. The maximum atomic E-state index is 12.1. The molecule has 0 aliphatic heterocycles. The summed E-state index contributed by atoms with van der Waals surface area (Å²) in [5.41, 5.74) is 1.03. The number of H-pyrrole nitrogens is 1. The summed E-state index contributed by atoms with van der Waals surface area (Å²) in [6, 6.07) is 9.73. The molecule has 0 spiro atoms. The monoisotopic (exact) mass is 336 g/mol. The smallest absolute Gasteiger partial charge is 0.333 e. The molecule has 1 aromatic heterocycles. The van der Waals surface area contributed by atoms with Gasteiger partial charge in [-0.2, -0.15) is 0 Å². The molecular formula is C14H13BrN2O3. The van der Waals surface area contributed by atoms with Gasteiger partial charge in [0.1, 0.15) is 5.69 Å². The first-order valence-corrected chi connectivity index (χ1v) is 6.68. The van der Waals surface area contributed by atoms with E-state index in [1.54, 1.807) is 36.5 Å². The summed E-state index contributed by atoms with van der Waals surface area (Å²) in [6.07, 6.45) is 1.64. The van der Waals surface area contributed by atoms with E-state index in [1.165, 1.54) is 7.11 Å².